The number of hydrogen-bond acceptors (Lipinski definition) is 5. The Bertz CT molecular complexity index is 570. The van der Waals surface area contributed by atoms with Gasteiger partial charge in [0.25, 0.3) is 11.5 Å². The van der Waals surface area contributed by atoms with Gasteiger partial charge in [-0.05, 0) is 25.2 Å². The van der Waals surface area contributed by atoms with Gasteiger partial charge < -0.3 is 19.8 Å². The summed E-state index contributed by atoms with van der Waals surface area (Å²) in [5.41, 5.74) is -0.606. The van der Waals surface area contributed by atoms with E-state index in [-0.39, 0.29) is 17.8 Å². The highest BCUT2D eigenvalue weighted by molar-refractivity contribution is 5.92. The van der Waals surface area contributed by atoms with Crippen LogP contribution in [0.15, 0.2) is 17.2 Å². The Labute approximate surface area is 128 Å². The lowest BCUT2D eigenvalue weighted by molar-refractivity contribution is -0.0819. The average molecular weight is 307 g/mol. The number of H-pyrrole nitrogens is 1. The third-order valence-electron chi connectivity index (χ3n) is 4.31. The zero-order valence-electron chi connectivity index (χ0n) is 12.4. The minimum Gasteiger partial charge on any atom is -0.379 e. The van der Waals surface area contributed by atoms with Crippen molar-refractivity contribution in [2.45, 2.75) is 37.8 Å². The number of rotatable bonds is 5. The van der Waals surface area contributed by atoms with E-state index < -0.39 is 11.5 Å². The maximum Gasteiger partial charge on any atom is 0.279 e. The Morgan fingerprint density at radius 1 is 1.45 bits per heavy atom. The third-order valence-corrected chi connectivity index (χ3v) is 4.31. The van der Waals surface area contributed by atoms with Crippen LogP contribution in [0.1, 0.15) is 36.2 Å². The molecule has 1 aromatic rings. The molecular formula is C15H21N3O4. The van der Waals surface area contributed by atoms with Crippen molar-refractivity contribution in [2.24, 2.45) is 5.92 Å². The van der Waals surface area contributed by atoms with Gasteiger partial charge in [-0.3, -0.25) is 9.59 Å². The number of carbonyl (C=O) groups excluding carboxylic acids is 1. The topological polar surface area (TPSA) is 93.3 Å². The summed E-state index contributed by atoms with van der Waals surface area (Å²) < 4.78 is 11.4. The number of nitrogens with one attached hydrogen (secondary N) is 2. The molecule has 2 aliphatic rings. The Hall–Kier alpha value is -1.73. The summed E-state index contributed by atoms with van der Waals surface area (Å²) in [6.07, 6.45) is 7.01. The quantitative estimate of drug-likeness (QED) is 0.825. The Morgan fingerprint density at radius 2 is 2.32 bits per heavy atom. The number of aromatic amines is 1. The molecule has 1 saturated carbocycles. The summed E-state index contributed by atoms with van der Waals surface area (Å²) in [6.45, 7) is 1.76. The Balaban J connectivity index is 1.59. The molecule has 120 valence electrons. The normalized spacial score (nSPS) is 25.5. The van der Waals surface area contributed by atoms with Crippen LogP contribution in [0.25, 0.3) is 0 Å². The maximum absolute atomic E-state index is 12.2. The molecule has 2 fully saturated rings. The number of ether oxygens (including phenoxy) is 2. The fourth-order valence-corrected chi connectivity index (χ4v) is 2.71. The number of nitrogens with zero attached hydrogens (tertiary/aromatic N) is 1. The van der Waals surface area contributed by atoms with Gasteiger partial charge in [0, 0.05) is 25.6 Å². The molecule has 3 rings (SSSR count). The molecule has 7 heteroatoms. The largest absolute Gasteiger partial charge is 0.379 e. The molecule has 22 heavy (non-hydrogen) atoms. The fourth-order valence-electron chi connectivity index (χ4n) is 2.71. The summed E-state index contributed by atoms with van der Waals surface area (Å²) in [6, 6.07) is -0.150. The van der Waals surface area contributed by atoms with Gasteiger partial charge in [0.1, 0.15) is 6.10 Å². The van der Waals surface area contributed by atoms with E-state index in [0.29, 0.717) is 32.2 Å². The third kappa shape index (κ3) is 3.53. The lowest BCUT2D eigenvalue weighted by Gasteiger charge is -2.34. The van der Waals surface area contributed by atoms with Crippen molar-refractivity contribution in [3.63, 3.8) is 0 Å². The second kappa shape index (κ2) is 7.02. The van der Waals surface area contributed by atoms with Crippen molar-refractivity contribution in [1.82, 2.24) is 15.3 Å². The molecule has 1 amide bonds. The molecule has 2 atom stereocenters. The minimum atomic E-state index is -0.487. The second-order valence-corrected chi connectivity index (χ2v) is 5.88. The van der Waals surface area contributed by atoms with Crippen LogP contribution in [0.2, 0.25) is 0 Å². The van der Waals surface area contributed by atoms with Crippen molar-refractivity contribution < 1.29 is 14.3 Å². The van der Waals surface area contributed by atoms with Crippen molar-refractivity contribution in [2.75, 3.05) is 19.8 Å². The van der Waals surface area contributed by atoms with Gasteiger partial charge in [0.15, 0.2) is 5.69 Å². The monoisotopic (exact) mass is 307 g/mol. The van der Waals surface area contributed by atoms with E-state index in [0.717, 1.165) is 0 Å². The van der Waals surface area contributed by atoms with E-state index in [1.807, 2.05) is 0 Å². The van der Waals surface area contributed by atoms with Crippen LogP contribution in [0.5, 0.6) is 0 Å². The summed E-state index contributed by atoms with van der Waals surface area (Å²) in [5.74, 6) is 0.169. The van der Waals surface area contributed by atoms with Gasteiger partial charge in [0.2, 0.25) is 0 Å². The lowest BCUT2D eigenvalue weighted by Crippen LogP contribution is -2.51. The highest BCUT2D eigenvalue weighted by atomic mass is 16.5. The summed E-state index contributed by atoms with van der Waals surface area (Å²) in [5, 5.41) is 2.86. The zero-order chi connectivity index (χ0) is 15.4. The minimum absolute atomic E-state index is 0.119. The number of amides is 1. The molecule has 2 N–H and O–H groups in total. The van der Waals surface area contributed by atoms with Gasteiger partial charge in [-0.15, -0.1) is 0 Å². The van der Waals surface area contributed by atoms with E-state index in [9.17, 15) is 9.59 Å². The molecule has 1 aromatic heterocycles. The molecule has 0 bridgehead atoms. The van der Waals surface area contributed by atoms with Crippen molar-refractivity contribution in [3.8, 4) is 0 Å². The van der Waals surface area contributed by atoms with Gasteiger partial charge in [-0.25, -0.2) is 4.98 Å². The van der Waals surface area contributed by atoms with E-state index in [2.05, 4.69) is 15.3 Å². The molecule has 0 radical (unpaired) electrons. The highest BCUT2D eigenvalue weighted by Gasteiger charge is 2.30. The molecular weight excluding hydrogens is 286 g/mol. The van der Waals surface area contributed by atoms with E-state index in [4.69, 9.17) is 9.47 Å². The Kier molecular flexibility index (Phi) is 4.84. The standard InChI is InChI=1S/C15H21N3O4/c19-14-13(16-5-6-17-14)15(20)18-11-4-7-21-9-12(11)22-8-10-2-1-3-10/h5-6,10-12H,1-4,7-9H2,(H,17,19)(H,18,20)/t11-,12-/m1/s1. The van der Waals surface area contributed by atoms with E-state index in [1.165, 1.54) is 31.7 Å². The van der Waals surface area contributed by atoms with Crippen LogP contribution in [-0.2, 0) is 9.47 Å². The number of carbonyl (C=O) groups is 1. The second-order valence-electron chi connectivity index (χ2n) is 5.88. The maximum atomic E-state index is 12.2. The fraction of sp³-hybridized carbons (Fsp3) is 0.667. The first-order chi connectivity index (χ1) is 10.7. The van der Waals surface area contributed by atoms with Crippen LogP contribution >= 0.6 is 0 Å². The van der Waals surface area contributed by atoms with Crippen LogP contribution < -0.4 is 10.9 Å². The molecule has 0 aromatic carbocycles. The van der Waals surface area contributed by atoms with Crippen LogP contribution in [0.4, 0.5) is 0 Å². The van der Waals surface area contributed by atoms with Gasteiger partial charge in [0.05, 0.1) is 12.6 Å². The van der Waals surface area contributed by atoms with Crippen molar-refractivity contribution in [3.05, 3.63) is 28.4 Å². The van der Waals surface area contributed by atoms with Gasteiger partial charge in [-0.1, -0.05) is 6.42 Å². The number of hydrogen-bond donors (Lipinski definition) is 2. The lowest BCUT2D eigenvalue weighted by atomic mass is 9.86. The molecule has 1 saturated heterocycles. The first-order valence-corrected chi connectivity index (χ1v) is 7.78. The van der Waals surface area contributed by atoms with Crippen LogP contribution in [-0.4, -0.2) is 47.8 Å². The SMILES string of the molecule is O=C(N[C@@H]1CCOC[C@H]1OCC1CCC1)c1ncc[nH]c1=O. The van der Waals surface area contributed by atoms with E-state index in [1.54, 1.807) is 0 Å². The molecule has 2 heterocycles. The first kappa shape index (κ1) is 15.2. The van der Waals surface area contributed by atoms with Crippen LogP contribution in [0.3, 0.4) is 0 Å². The van der Waals surface area contributed by atoms with Gasteiger partial charge in [-0.2, -0.15) is 0 Å². The van der Waals surface area contributed by atoms with E-state index >= 15 is 0 Å². The number of aromatic nitrogens is 2. The Morgan fingerprint density at radius 3 is 3.05 bits per heavy atom. The summed E-state index contributed by atoms with van der Waals surface area (Å²) >= 11 is 0. The first-order valence-electron chi connectivity index (χ1n) is 7.78. The molecule has 0 spiro atoms. The van der Waals surface area contributed by atoms with Gasteiger partial charge >= 0.3 is 0 Å². The molecule has 0 unspecified atom stereocenters. The summed E-state index contributed by atoms with van der Waals surface area (Å²) in [4.78, 5) is 30.1. The molecule has 7 nitrogen and oxygen atoms in total. The van der Waals surface area contributed by atoms with Crippen molar-refractivity contribution in [1.29, 1.82) is 0 Å². The molecule has 1 aliphatic heterocycles. The molecule has 1 aliphatic carbocycles. The smallest absolute Gasteiger partial charge is 0.279 e. The average Bonchev–Trinajstić information content (AvgIpc) is 2.47. The van der Waals surface area contributed by atoms with Crippen molar-refractivity contribution >= 4 is 5.91 Å². The predicted octanol–water partition coefficient (Wildman–Crippen LogP) is 0.474. The summed E-state index contributed by atoms with van der Waals surface area (Å²) in [7, 11) is 0. The highest BCUT2D eigenvalue weighted by Crippen LogP contribution is 2.27. The van der Waals surface area contributed by atoms with Crippen LogP contribution in [0, 0.1) is 5.92 Å². The predicted molar refractivity (Wildman–Crippen MR) is 78.6 cm³/mol. The zero-order valence-corrected chi connectivity index (χ0v) is 12.4.